The van der Waals surface area contributed by atoms with Gasteiger partial charge in [-0.2, -0.15) is 0 Å². The van der Waals surface area contributed by atoms with E-state index in [0.29, 0.717) is 0 Å². The zero-order valence-corrected chi connectivity index (χ0v) is 10.2. The van der Waals surface area contributed by atoms with Crippen molar-refractivity contribution in [1.29, 1.82) is 0 Å². The number of nitro groups is 1. The standard InChI is InChI=1S/C12H16N2O4/c1-18-11-7-8(9-4-2-3-5-13-9)6-10(12(11)15)14(16)17/h6-7,9,13,15H,2-5H2,1H3. The van der Waals surface area contributed by atoms with Gasteiger partial charge in [0.15, 0.2) is 5.75 Å². The van der Waals surface area contributed by atoms with Gasteiger partial charge in [-0.05, 0) is 31.0 Å². The lowest BCUT2D eigenvalue weighted by atomic mass is 9.96. The van der Waals surface area contributed by atoms with E-state index >= 15 is 0 Å². The molecular formula is C12H16N2O4. The first-order valence-corrected chi connectivity index (χ1v) is 5.92. The number of rotatable bonds is 3. The SMILES string of the molecule is COc1cc(C2CCCCN2)cc([N+](=O)[O-])c1O. The molecule has 0 bridgehead atoms. The molecule has 6 nitrogen and oxygen atoms in total. The van der Waals surface area contributed by atoms with E-state index in [0.717, 1.165) is 31.4 Å². The van der Waals surface area contributed by atoms with Crippen LogP contribution in [0.2, 0.25) is 0 Å². The van der Waals surface area contributed by atoms with Crippen molar-refractivity contribution < 1.29 is 14.8 Å². The van der Waals surface area contributed by atoms with Crippen molar-refractivity contribution in [1.82, 2.24) is 5.32 Å². The molecule has 0 aliphatic carbocycles. The van der Waals surface area contributed by atoms with Gasteiger partial charge in [-0.25, -0.2) is 0 Å². The molecule has 6 heteroatoms. The Morgan fingerprint density at radius 1 is 1.50 bits per heavy atom. The van der Waals surface area contributed by atoms with E-state index in [1.807, 2.05) is 0 Å². The van der Waals surface area contributed by atoms with Crippen molar-refractivity contribution in [2.45, 2.75) is 25.3 Å². The molecule has 1 aromatic carbocycles. The van der Waals surface area contributed by atoms with Crippen LogP contribution in [0.1, 0.15) is 30.9 Å². The fourth-order valence-electron chi connectivity index (χ4n) is 2.25. The molecule has 98 valence electrons. The van der Waals surface area contributed by atoms with Crippen LogP contribution in [0, 0.1) is 10.1 Å². The number of phenols is 1. The summed E-state index contributed by atoms with van der Waals surface area (Å²) < 4.78 is 4.99. The lowest BCUT2D eigenvalue weighted by molar-refractivity contribution is -0.386. The van der Waals surface area contributed by atoms with E-state index in [1.165, 1.54) is 13.2 Å². The van der Waals surface area contributed by atoms with Crippen LogP contribution in [0.15, 0.2) is 12.1 Å². The first kappa shape index (κ1) is 12.6. The van der Waals surface area contributed by atoms with Crippen molar-refractivity contribution in [3.8, 4) is 11.5 Å². The Morgan fingerprint density at radius 2 is 2.28 bits per heavy atom. The van der Waals surface area contributed by atoms with Gasteiger partial charge in [0.2, 0.25) is 5.75 Å². The van der Waals surface area contributed by atoms with Gasteiger partial charge in [-0.15, -0.1) is 0 Å². The largest absolute Gasteiger partial charge is 0.500 e. The maximum Gasteiger partial charge on any atom is 0.314 e. The number of nitrogens with zero attached hydrogens (tertiary/aromatic N) is 1. The Kier molecular flexibility index (Phi) is 3.66. The van der Waals surface area contributed by atoms with Crippen LogP contribution in [0.5, 0.6) is 11.5 Å². The molecule has 0 spiro atoms. The summed E-state index contributed by atoms with van der Waals surface area (Å²) in [5.41, 5.74) is 0.479. The second-order valence-corrected chi connectivity index (χ2v) is 4.35. The van der Waals surface area contributed by atoms with E-state index in [1.54, 1.807) is 6.07 Å². The van der Waals surface area contributed by atoms with Crippen LogP contribution in [0.4, 0.5) is 5.69 Å². The maximum absolute atomic E-state index is 10.9. The Hall–Kier alpha value is -1.82. The molecule has 0 saturated carbocycles. The molecule has 2 rings (SSSR count). The third-order valence-electron chi connectivity index (χ3n) is 3.21. The molecule has 2 N–H and O–H groups in total. The molecule has 0 aromatic heterocycles. The van der Waals surface area contributed by atoms with Gasteiger partial charge in [0.1, 0.15) is 0 Å². The summed E-state index contributed by atoms with van der Waals surface area (Å²) in [6.07, 6.45) is 3.15. The first-order chi connectivity index (χ1) is 8.63. The smallest absolute Gasteiger partial charge is 0.314 e. The fourth-order valence-corrected chi connectivity index (χ4v) is 2.25. The summed E-state index contributed by atoms with van der Waals surface area (Å²) in [7, 11) is 1.39. The van der Waals surface area contributed by atoms with Crippen LogP contribution in [0.25, 0.3) is 0 Å². The van der Waals surface area contributed by atoms with Gasteiger partial charge in [-0.3, -0.25) is 10.1 Å². The molecule has 0 radical (unpaired) electrons. The number of piperidine rings is 1. The number of nitro benzene ring substituents is 1. The van der Waals surface area contributed by atoms with E-state index in [2.05, 4.69) is 5.32 Å². The minimum atomic E-state index is -0.593. The topological polar surface area (TPSA) is 84.6 Å². The lowest BCUT2D eigenvalue weighted by Crippen LogP contribution is -2.26. The Balaban J connectivity index is 2.41. The highest BCUT2D eigenvalue weighted by molar-refractivity contribution is 5.57. The zero-order valence-electron chi connectivity index (χ0n) is 10.2. The molecular weight excluding hydrogens is 236 g/mol. The van der Waals surface area contributed by atoms with Crippen LogP contribution in [-0.2, 0) is 0 Å². The third-order valence-corrected chi connectivity index (χ3v) is 3.21. The minimum Gasteiger partial charge on any atom is -0.500 e. The summed E-state index contributed by atoms with van der Waals surface area (Å²) in [5.74, 6) is -0.270. The normalized spacial score (nSPS) is 19.5. The van der Waals surface area contributed by atoms with Gasteiger partial charge in [0.05, 0.1) is 12.0 Å². The third kappa shape index (κ3) is 2.38. The van der Waals surface area contributed by atoms with Gasteiger partial charge in [0, 0.05) is 12.1 Å². The average Bonchev–Trinajstić information content (AvgIpc) is 2.39. The van der Waals surface area contributed by atoms with Crippen molar-refractivity contribution in [2.24, 2.45) is 0 Å². The molecule has 1 aliphatic rings. The van der Waals surface area contributed by atoms with E-state index in [4.69, 9.17) is 4.74 Å². The Labute approximate surface area is 105 Å². The van der Waals surface area contributed by atoms with Crippen LogP contribution in [-0.4, -0.2) is 23.7 Å². The molecule has 0 amide bonds. The fraction of sp³-hybridized carbons (Fsp3) is 0.500. The van der Waals surface area contributed by atoms with Crippen molar-refractivity contribution >= 4 is 5.69 Å². The van der Waals surface area contributed by atoms with Crippen molar-refractivity contribution in [3.63, 3.8) is 0 Å². The summed E-state index contributed by atoms with van der Waals surface area (Å²) in [5, 5.41) is 23.9. The average molecular weight is 252 g/mol. The number of nitrogens with one attached hydrogen (secondary N) is 1. The highest BCUT2D eigenvalue weighted by atomic mass is 16.6. The molecule has 1 heterocycles. The molecule has 1 aliphatic heterocycles. The predicted molar refractivity (Wildman–Crippen MR) is 65.9 cm³/mol. The second kappa shape index (κ2) is 5.22. The van der Waals surface area contributed by atoms with Gasteiger partial charge in [0.25, 0.3) is 0 Å². The van der Waals surface area contributed by atoms with E-state index < -0.39 is 10.7 Å². The Bertz CT molecular complexity index is 456. The summed E-state index contributed by atoms with van der Waals surface area (Å²) in [6, 6.07) is 3.17. The number of ether oxygens (including phenoxy) is 1. The van der Waals surface area contributed by atoms with Crippen molar-refractivity contribution in [2.75, 3.05) is 13.7 Å². The molecule has 1 saturated heterocycles. The van der Waals surface area contributed by atoms with Gasteiger partial charge >= 0.3 is 5.69 Å². The number of aromatic hydroxyl groups is 1. The number of hydrogen-bond donors (Lipinski definition) is 2. The van der Waals surface area contributed by atoms with E-state index in [-0.39, 0.29) is 17.5 Å². The Morgan fingerprint density at radius 3 is 2.83 bits per heavy atom. The lowest BCUT2D eigenvalue weighted by Gasteiger charge is -2.24. The summed E-state index contributed by atoms with van der Waals surface area (Å²) in [4.78, 5) is 10.3. The van der Waals surface area contributed by atoms with Crippen LogP contribution >= 0.6 is 0 Å². The quantitative estimate of drug-likeness (QED) is 0.635. The number of hydrogen-bond acceptors (Lipinski definition) is 5. The monoisotopic (exact) mass is 252 g/mol. The van der Waals surface area contributed by atoms with Crippen LogP contribution in [0.3, 0.4) is 0 Å². The minimum absolute atomic E-state index is 0.0898. The zero-order chi connectivity index (χ0) is 13.1. The molecule has 1 fully saturated rings. The van der Waals surface area contributed by atoms with Gasteiger partial charge in [-0.1, -0.05) is 6.42 Å². The van der Waals surface area contributed by atoms with E-state index in [9.17, 15) is 15.2 Å². The van der Waals surface area contributed by atoms with Gasteiger partial charge < -0.3 is 15.2 Å². The molecule has 1 aromatic rings. The summed E-state index contributed by atoms with van der Waals surface area (Å²) >= 11 is 0. The maximum atomic E-state index is 10.9. The number of phenolic OH excluding ortho intramolecular Hbond substituents is 1. The number of benzene rings is 1. The molecule has 1 atom stereocenters. The molecule has 1 unspecified atom stereocenters. The number of methoxy groups -OCH3 is 1. The predicted octanol–water partition coefficient (Wildman–Crippen LogP) is 2.12. The molecule has 18 heavy (non-hydrogen) atoms. The highest BCUT2D eigenvalue weighted by Gasteiger charge is 2.24. The van der Waals surface area contributed by atoms with Crippen molar-refractivity contribution in [3.05, 3.63) is 27.8 Å². The summed E-state index contributed by atoms with van der Waals surface area (Å²) in [6.45, 7) is 0.904. The highest BCUT2D eigenvalue weighted by Crippen LogP contribution is 2.39. The first-order valence-electron chi connectivity index (χ1n) is 5.92. The second-order valence-electron chi connectivity index (χ2n) is 4.35. The van der Waals surface area contributed by atoms with Crippen LogP contribution < -0.4 is 10.1 Å².